The van der Waals surface area contributed by atoms with E-state index in [1.807, 2.05) is 13.8 Å². The molecule has 0 saturated carbocycles. The second-order valence-electron chi connectivity index (χ2n) is 5.67. The number of rotatable bonds is 3. The van der Waals surface area contributed by atoms with Crippen molar-refractivity contribution in [2.75, 3.05) is 6.61 Å². The Morgan fingerprint density at radius 2 is 2.24 bits per heavy atom. The van der Waals surface area contributed by atoms with Gasteiger partial charge in [-0.25, -0.2) is 0 Å². The minimum Gasteiger partial charge on any atom is -0.375 e. The number of carbonyl (C=O) groups is 1. The third kappa shape index (κ3) is 3.79. The highest BCUT2D eigenvalue weighted by Gasteiger charge is 2.30. The van der Waals surface area contributed by atoms with E-state index in [0.717, 1.165) is 6.42 Å². The molecule has 0 aromatic heterocycles. The second kappa shape index (κ2) is 6.11. The first kappa shape index (κ1) is 15.9. The minimum absolute atomic E-state index is 0.00686. The summed E-state index contributed by atoms with van der Waals surface area (Å²) in [7, 11) is 0. The lowest BCUT2D eigenvalue weighted by Gasteiger charge is -2.35. The molecule has 7 heteroatoms. The topological polar surface area (TPSA) is 81.5 Å². The van der Waals surface area contributed by atoms with Crippen LogP contribution in [0.3, 0.4) is 0 Å². The molecule has 1 aliphatic heterocycles. The predicted molar refractivity (Wildman–Crippen MR) is 81.3 cm³/mol. The van der Waals surface area contributed by atoms with E-state index < -0.39 is 4.92 Å². The van der Waals surface area contributed by atoms with E-state index in [2.05, 4.69) is 21.2 Å². The molecule has 21 heavy (non-hydrogen) atoms. The summed E-state index contributed by atoms with van der Waals surface area (Å²) in [6.07, 6.45) is 1.45. The predicted octanol–water partition coefficient (Wildman–Crippen LogP) is 3.04. The zero-order valence-electron chi connectivity index (χ0n) is 11.9. The Hall–Kier alpha value is -1.47. The van der Waals surface area contributed by atoms with E-state index in [4.69, 9.17) is 4.74 Å². The van der Waals surface area contributed by atoms with Crippen LogP contribution in [0.1, 0.15) is 37.0 Å². The SMILES string of the molecule is CC1(C)CC(NC(=O)c2cccc([N+](=O)[O-])c2Br)CCO1. The lowest BCUT2D eigenvalue weighted by Crippen LogP contribution is -2.45. The van der Waals surface area contributed by atoms with Gasteiger partial charge in [0.25, 0.3) is 11.6 Å². The molecule has 0 spiro atoms. The molecule has 1 aromatic carbocycles. The molecule has 6 nitrogen and oxygen atoms in total. The summed E-state index contributed by atoms with van der Waals surface area (Å²) in [5.41, 5.74) is -0.112. The van der Waals surface area contributed by atoms with Gasteiger partial charge in [-0.2, -0.15) is 0 Å². The van der Waals surface area contributed by atoms with Crippen molar-refractivity contribution in [1.29, 1.82) is 0 Å². The molecule has 114 valence electrons. The molecule has 0 aliphatic carbocycles. The van der Waals surface area contributed by atoms with Crippen LogP contribution in [0, 0.1) is 10.1 Å². The molecule has 1 N–H and O–H groups in total. The van der Waals surface area contributed by atoms with Crippen LogP contribution in [-0.2, 0) is 4.74 Å². The highest BCUT2D eigenvalue weighted by Crippen LogP contribution is 2.29. The third-order valence-corrected chi connectivity index (χ3v) is 4.29. The fraction of sp³-hybridized carbons (Fsp3) is 0.500. The number of hydrogen-bond donors (Lipinski definition) is 1. The van der Waals surface area contributed by atoms with Gasteiger partial charge in [-0.15, -0.1) is 0 Å². The largest absolute Gasteiger partial charge is 0.375 e. The summed E-state index contributed by atoms with van der Waals surface area (Å²) in [5.74, 6) is -0.312. The van der Waals surface area contributed by atoms with Gasteiger partial charge in [0.15, 0.2) is 0 Å². The van der Waals surface area contributed by atoms with Crippen molar-refractivity contribution in [3.8, 4) is 0 Å². The van der Waals surface area contributed by atoms with Crippen LogP contribution >= 0.6 is 15.9 Å². The molecule has 2 rings (SSSR count). The molecule has 1 aliphatic rings. The third-order valence-electron chi connectivity index (χ3n) is 3.45. The molecule has 0 bridgehead atoms. The zero-order chi connectivity index (χ0) is 15.6. The van der Waals surface area contributed by atoms with Gasteiger partial charge in [-0.05, 0) is 48.7 Å². The summed E-state index contributed by atoms with van der Waals surface area (Å²) in [6, 6.07) is 4.44. The van der Waals surface area contributed by atoms with E-state index in [-0.39, 0.29) is 33.3 Å². The Morgan fingerprint density at radius 3 is 2.86 bits per heavy atom. The van der Waals surface area contributed by atoms with Crippen LogP contribution in [0.4, 0.5) is 5.69 Å². The fourth-order valence-electron chi connectivity index (χ4n) is 2.45. The van der Waals surface area contributed by atoms with Gasteiger partial charge < -0.3 is 10.1 Å². The molecule has 0 radical (unpaired) electrons. The number of ether oxygens (including phenoxy) is 1. The van der Waals surface area contributed by atoms with Crippen molar-refractivity contribution < 1.29 is 14.5 Å². The van der Waals surface area contributed by atoms with Gasteiger partial charge in [0.2, 0.25) is 0 Å². The summed E-state index contributed by atoms with van der Waals surface area (Å²) >= 11 is 3.14. The summed E-state index contributed by atoms with van der Waals surface area (Å²) < 4.78 is 5.81. The van der Waals surface area contributed by atoms with E-state index in [1.54, 1.807) is 6.07 Å². The number of nitro groups is 1. The number of nitrogens with zero attached hydrogens (tertiary/aromatic N) is 1. The van der Waals surface area contributed by atoms with Gasteiger partial charge in [-0.1, -0.05) is 6.07 Å². The zero-order valence-corrected chi connectivity index (χ0v) is 13.5. The number of hydrogen-bond acceptors (Lipinski definition) is 4. The summed E-state index contributed by atoms with van der Waals surface area (Å²) in [6.45, 7) is 4.55. The van der Waals surface area contributed by atoms with Crippen LogP contribution in [0.25, 0.3) is 0 Å². The Kier molecular flexibility index (Phi) is 4.63. The maximum Gasteiger partial charge on any atom is 0.284 e. The van der Waals surface area contributed by atoms with Gasteiger partial charge in [0.05, 0.1) is 16.1 Å². The second-order valence-corrected chi connectivity index (χ2v) is 6.46. The van der Waals surface area contributed by atoms with E-state index in [1.165, 1.54) is 12.1 Å². The normalized spacial score (nSPS) is 20.8. The lowest BCUT2D eigenvalue weighted by atomic mass is 9.94. The highest BCUT2D eigenvalue weighted by molar-refractivity contribution is 9.10. The number of nitrogens with one attached hydrogen (secondary N) is 1. The lowest BCUT2D eigenvalue weighted by molar-refractivity contribution is -0.385. The molecule has 1 unspecified atom stereocenters. The van der Waals surface area contributed by atoms with Crippen LogP contribution in [0.5, 0.6) is 0 Å². The number of halogens is 1. The summed E-state index contributed by atoms with van der Waals surface area (Å²) in [5, 5.41) is 13.8. The van der Waals surface area contributed by atoms with Crippen molar-refractivity contribution in [2.45, 2.75) is 38.3 Å². The maximum atomic E-state index is 12.3. The van der Waals surface area contributed by atoms with Crippen LogP contribution < -0.4 is 5.32 Å². The molecule has 1 saturated heterocycles. The van der Waals surface area contributed by atoms with Gasteiger partial charge >= 0.3 is 0 Å². The number of carbonyl (C=O) groups excluding carboxylic acids is 1. The average Bonchev–Trinajstić information content (AvgIpc) is 2.37. The molecule has 1 heterocycles. The molecule has 1 aromatic rings. The number of nitro benzene ring substituents is 1. The fourth-order valence-corrected chi connectivity index (χ4v) is 3.04. The van der Waals surface area contributed by atoms with Crippen molar-refractivity contribution in [3.63, 3.8) is 0 Å². The first-order valence-electron chi connectivity index (χ1n) is 6.68. The average molecular weight is 357 g/mol. The highest BCUT2D eigenvalue weighted by atomic mass is 79.9. The Labute approximate surface area is 131 Å². The van der Waals surface area contributed by atoms with Crippen molar-refractivity contribution in [2.24, 2.45) is 0 Å². The van der Waals surface area contributed by atoms with E-state index in [9.17, 15) is 14.9 Å². The van der Waals surface area contributed by atoms with Crippen molar-refractivity contribution in [1.82, 2.24) is 5.32 Å². The van der Waals surface area contributed by atoms with Crippen molar-refractivity contribution in [3.05, 3.63) is 38.3 Å². The van der Waals surface area contributed by atoms with Gasteiger partial charge in [0, 0.05) is 18.7 Å². The van der Waals surface area contributed by atoms with E-state index >= 15 is 0 Å². The standard InChI is InChI=1S/C14H17BrN2O4/c1-14(2)8-9(6-7-21-14)16-13(18)10-4-3-5-11(12(10)15)17(19)20/h3-5,9H,6-8H2,1-2H3,(H,16,18). The number of amides is 1. The molecular formula is C14H17BrN2O4. The van der Waals surface area contributed by atoms with Crippen LogP contribution in [0.2, 0.25) is 0 Å². The Balaban J connectivity index is 2.14. The molecule has 1 fully saturated rings. The van der Waals surface area contributed by atoms with Gasteiger partial charge in [-0.3, -0.25) is 14.9 Å². The van der Waals surface area contributed by atoms with Crippen LogP contribution in [0.15, 0.2) is 22.7 Å². The smallest absolute Gasteiger partial charge is 0.284 e. The first-order chi connectivity index (χ1) is 9.80. The first-order valence-corrected chi connectivity index (χ1v) is 7.47. The summed E-state index contributed by atoms with van der Waals surface area (Å²) in [4.78, 5) is 22.7. The minimum atomic E-state index is -0.515. The molecule has 1 amide bonds. The maximum absolute atomic E-state index is 12.3. The van der Waals surface area contributed by atoms with Crippen molar-refractivity contribution >= 4 is 27.5 Å². The van der Waals surface area contributed by atoms with Gasteiger partial charge in [0.1, 0.15) is 4.47 Å². The quantitative estimate of drug-likeness (QED) is 0.666. The van der Waals surface area contributed by atoms with Crippen LogP contribution in [-0.4, -0.2) is 29.1 Å². The monoisotopic (exact) mass is 356 g/mol. The molecule has 1 atom stereocenters. The van der Waals surface area contributed by atoms with E-state index in [0.29, 0.717) is 13.0 Å². The number of benzene rings is 1. The molecular weight excluding hydrogens is 340 g/mol. The Morgan fingerprint density at radius 1 is 1.52 bits per heavy atom. The Bertz CT molecular complexity index is 574.